The summed E-state index contributed by atoms with van der Waals surface area (Å²) in [6, 6.07) is 0. The van der Waals surface area contributed by atoms with Gasteiger partial charge < -0.3 is 0 Å². The number of rotatable bonds is 6. The Balaban J connectivity index is 3.14. The Morgan fingerprint density at radius 3 is 2.00 bits per heavy atom. The lowest BCUT2D eigenvalue weighted by Gasteiger charge is -1.85. The number of allylic oxidation sites excluding steroid dienone is 4. The van der Waals surface area contributed by atoms with Crippen LogP contribution in [0, 0.1) is 0 Å². The first-order valence-corrected chi connectivity index (χ1v) is 4.73. The lowest BCUT2D eigenvalue weighted by molar-refractivity contribution is 0.815. The van der Waals surface area contributed by atoms with Crippen molar-refractivity contribution in [2.75, 3.05) is 0 Å². The highest BCUT2D eigenvalue weighted by Gasteiger charge is 1.75. The predicted molar refractivity (Wildman–Crippen MR) is 52.7 cm³/mol. The summed E-state index contributed by atoms with van der Waals surface area (Å²) in [6.45, 7) is 4.42. The molecule has 0 nitrogen and oxygen atoms in total. The van der Waals surface area contributed by atoms with Crippen LogP contribution in [-0.2, 0) is 0 Å². The first kappa shape index (κ1) is 10.5. The zero-order valence-electron chi connectivity index (χ0n) is 7.84. The topological polar surface area (TPSA) is 0 Å². The number of unbranched alkanes of at least 4 members (excludes halogenated alkanes) is 3. The highest BCUT2D eigenvalue weighted by Crippen LogP contribution is 1.95. The Kier molecular flexibility index (Phi) is 9.03. The SMILES string of the molecule is CCC/C=C/C=C/CCCC. The largest absolute Gasteiger partial charge is 0.0846 e. The third-order valence-corrected chi connectivity index (χ3v) is 1.56. The van der Waals surface area contributed by atoms with Crippen molar-refractivity contribution in [3.63, 3.8) is 0 Å². The maximum Gasteiger partial charge on any atom is -0.0348 e. The van der Waals surface area contributed by atoms with Crippen LogP contribution in [0.15, 0.2) is 24.3 Å². The minimum absolute atomic E-state index is 1.21. The second kappa shape index (κ2) is 9.48. The van der Waals surface area contributed by atoms with Crippen molar-refractivity contribution in [2.45, 2.75) is 46.0 Å². The van der Waals surface area contributed by atoms with Gasteiger partial charge in [-0.05, 0) is 12.8 Å². The molecule has 0 unspecified atom stereocenters. The van der Waals surface area contributed by atoms with Crippen molar-refractivity contribution in [1.29, 1.82) is 0 Å². The van der Waals surface area contributed by atoms with Crippen molar-refractivity contribution in [3.05, 3.63) is 24.3 Å². The van der Waals surface area contributed by atoms with E-state index in [1.807, 2.05) is 0 Å². The molecule has 0 aliphatic rings. The molecule has 0 aromatic rings. The minimum Gasteiger partial charge on any atom is -0.0846 e. The highest BCUT2D eigenvalue weighted by atomic mass is 13.8. The van der Waals surface area contributed by atoms with Crippen molar-refractivity contribution < 1.29 is 0 Å². The molecular formula is C11H20. The van der Waals surface area contributed by atoms with Crippen LogP contribution in [0.25, 0.3) is 0 Å². The third kappa shape index (κ3) is 9.48. The number of hydrogen-bond acceptors (Lipinski definition) is 0. The van der Waals surface area contributed by atoms with Gasteiger partial charge in [-0.1, -0.05) is 57.4 Å². The van der Waals surface area contributed by atoms with Gasteiger partial charge in [0.25, 0.3) is 0 Å². The van der Waals surface area contributed by atoms with Crippen LogP contribution in [0.5, 0.6) is 0 Å². The van der Waals surface area contributed by atoms with Gasteiger partial charge in [-0.15, -0.1) is 0 Å². The summed E-state index contributed by atoms with van der Waals surface area (Å²) in [6.07, 6.45) is 15.1. The smallest absolute Gasteiger partial charge is 0.0348 e. The molecule has 64 valence electrons. The second-order valence-corrected chi connectivity index (χ2v) is 2.79. The van der Waals surface area contributed by atoms with E-state index in [1.54, 1.807) is 0 Å². The van der Waals surface area contributed by atoms with Crippen molar-refractivity contribution in [2.24, 2.45) is 0 Å². The molecule has 0 radical (unpaired) electrons. The van der Waals surface area contributed by atoms with Crippen LogP contribution < -0.4 is 0 Å². The fourth-order valence-electron chi connectivity index (χ4n) is 0.838. The molecule has 0 aromatic heterocycles. The standard InChI is InChI=1S/C11H20/c1-3-5-7-9-11-10-8-6-4-2/h7,9-11H,3-6,8H2,1-2H3/b9-7+,11-10+. The van der Waals surface area contributed by atoms with Crippen LogP contribution in [0.4, 0.5) is 0 Å². The zero-order valence-corrected chi connectivity index (χ0v) is 7.84. The molecule has 0 spiro atoms. The Morgan fingerprint density at radius 2 is 1.45 bits per heavy atom. The second-order valence-electron chi connectivity index (χ2n) is 2.79. The van der Waals surface area contributed by atoms with Crippen LogP contribution in [0.2, 0.25) is 0 Å². The van der Waals surface area contributed by atoms with Gasteiger partial charge in [-0.2, -0.15) is 0 Å². The lowest BCUT2D eigenvalue weighted by Crippen LogP contribution is -1.65. The molecular weight excluding hydrogens is 132 g/mol. The molecule has 0 atom stereocenters. The third-order valence-electron chi connectivity index (χ3n) is 1.56. The van der Waals surface area contributed by atoms with E-state index >= 15 is 0 Å². The number of hydrogen-bond donors (Lipinski definition) is 0. The fourth-order valence-corrected chi connectivity index (χ4v) is 0.838. The van der Waals surface area contributed by atoms with E-state index in [4.69, 9.17) is 0 Å². The van der Waals surface area contributed by atoms with Gasteiger partial charge in [-0.3, -0.25) is 0 Å². The average molecular weight is 152 g/mol. The van der Waals surface area contributed by atoms with E-state index in [9.17, 15) is 0 Å². The van der Waals surface area contributed by atoms with Crippen LogP contribution in [-0.4, -0.2) is 0 Å². The van der Waals surface area contributed by atoms with Gasteiger partial charge in [0.05, 0.1) is 0 Å². The van der Waals surface area contributed by atoms with Gasteiger partial charge in [0.2, 0.25) is 0 Å². The summed E-state index contributed by atoms with van der Waals surface area (Å²) in [5.74, 6) is 0. The predicted octanol–water partition coefficient (Wildman–Crippen LogP) is 4.09. The Labute approximate surface area is 71.0 Å². The summed E-state index contributed by atoms with van der Waals surface area (Å²) in [5, 5.41) is 0. The molecule has 0 aliphatic carbocycles. The maximum absolute atomic E-state index is 2.25. The molecule has 0 bridgehead atoms. The molecule has 0 rings (SSSR count). The molecule has 0 aliphatic heterocycles. The van der Waals surface area contributed by atoms with Gasteiger partial charge in [-0.25, -0.2) is 0 Å². The zero-order chi connectivity index (χ0) is 8.36. The summed E-state index contributed by atoms with van der Waals surface area (Å²) < 4.78 is 0. The monoisotopic (exact) mass is 152 g/mol. The molecule has 0 amide bonds. The first-order valence-electron chi connectivity index (χ1n) is 4.73. The summed E-state index contributed by atoms with van der Waals surface area (Å²) in [5.41, 5.74) is 0. The fraction of sp³-hybridized carbons (Fsp3) is 0.636. The minimum atomic E-state index is 1.21. The van der Waals surface area contributed by atoms with Gasteiger partial charge in [0, 0.05) is 0 Å². The molecule has 0 saturated heterocycles. The van der Waals surface area contributed by atoms with Gasteiger partial charge in [0.15, 0.2) is 0 Å². The van der Waals surface area contributed by atoms with E-state index in [-0.39, 0.29) is 0 Å². The van der Waals surface area contributed by atoms with Gasteiger partial charge in [0.1, 0.15) is 0 Å². The quantitative estimate of drug-likeness (QED) is 0.397. The molecule has 0 saturated carbocycles. The van der Waals surface area contributed by atoms with E-state index < -0.39 is 0 Å². The lowest BCUT2D eigenvalue weighted by atomic mass is 10.2. The summed E-state index contributed by atoms with van der Waals surface area (Å²) in [7, 11) is 0. The molecule has 0 heterocycles. The van der Waals surface area contributed by atoms with E-state index in [0.717, 1.165) is 0 Å². The first-order chi connectivity index (χ1) is 5.41. The van der Waals surface area contributed by atoms with Crippen LogP contribution >= 0.6 is 0 Å². The van der Waals surface area contributed by atoms with Crippen LogP contribution in [0.3, 0.4) is 0 Å². The normalized spacial score (nSPS) is 11.8. The molecule has 0 N–H and O–H groups in total. The Bertz CT molecular complexity index is 109. The average Bonchev–Trinajstić information content (AvgIpc) is 2.03. The summed E-state index contributed by atoms with van der Waals surface area (Å²) in [4.78, 5) is 0. The Hall–Kier alpha value is -0.520. The molecule has 11 heavy (non-hydrogen) atoms. The summed E-state index contributed by atoms with van der Waals surface area (Å²) >= 11 is 0. The van der Waals surface area contributed by atoms with Gasteiger partial charge >= 0.3 is 0 Å². The van der Waals surface area contributed by atoms with E-state index in [0.29, 0.717) is 0 Å². The molecule has 0 fully saturated rings. The van der Waals surface area contributed by atoms with Crippen molar-refractivity contribution in [3.8, 4) is 0 Å². The van der Waals surface area contributed by atoms with E-state index in [1.165, 1.54) is 32.1 Å². The maximum atomic E-state index is 2.25. The van der Waals surface area contributed by atoms with Crippen molar-refractivity contribution in [1.82, 2.24) is 0 Å². The molecule has 0 aromatic carbocycles. The van der Waals surface area contributed by atoms with Crippen molar-refractivity contribution >= 4 is 0 Å². The highest BCUT2D eigenvalue weighted by molar-refractivity contribution is 5.01. The Morgan fingerprint density at radius 1 is 0.818 bits per heavy atom. The molecule has 0 heteroatoms. The van der Waals surface area contributed by atoms with E-state index in [2.05, 4.69) is 38.2 Å². The van der Waals surface area contributed by atoms with Crippen LogP contribution in [0.1, 0.15) is 46.0 Å².